The molecule has 0 aliphatic heterocycles. The maximum absolute atomic E-state index is 3.49. The van der Waals surface area contributed by atoms with Crippen molar-refractivity contribution in [1.82, 2.24) is 0 Å². The molecule has 0 saturated heterocycles. The Morgan fingerprint density at radius 2 is 2.06 bits per heavy atom. The molecule has 0 aromatic heterocycles. The molecule has 0 N–H and O–H groups in total. The summed E-state index contributed by atoms with van der Waals surface area (Å²) in [6, 6.07) is 0. The molecule has 0 amide bonds. The van der Waals surface area contributed by atoms with Crippen molar-refractivity contribution in [3.63, 3.8) is 0 Å². The zero-order valence-electron chi connectivity index (χ0n) is 10.0. The minimum atomic E-state index is 0.231. The van der Waals surface area contributed by atoms with E-state index in [9.17, 15) is 0 Å². The first-order valence-corrected chi connectivity index (χ1v) is 8.96. The number of halogens is 1. The predicted octanol–water partition coefficient (Wildman–Crippen LogP) is 0.749. The summed E-state index contributed by atoms with van der Waals surface area (Å²) in [4.78, 5) is 0. The molecule has 2 aliphatic rings. The van der Waals surface area contributed by atoms with Crippen LogP contribution in [0.2, 0.25) is 0 Å². The van der Waals surface area contributed by atoms with Crippen LogP contribution in [-0.2, 0) is 0 Å². The maximum atomic E-state index is 3.49. The monoisotopic (exact) mass is 327 g/mol. The zero-order chi connectivity index (χ0) is 11.2. The van der Waals surface area contributed by atoms with Gasteiger partial charge in [-0.2, -0.15) is 0 Å². The van der Waals surface area contributed by atoms with Crippen LogP contribution in [-0.4, -0.2) is 4.43 Å². The first kappa shape index (κ1) is 12.2. The fourth-order valence-electron chi connectivity index (χ4n) is 2.07. The van der Waals surface area contributed by atoms with E-state index in [1.807, 2.05) is 0 Å². The van der Waals surface area contributed by atoms with Crippen LogP contribution in [0.3, 0.4) is 0 Å². The Balaban J connectivity index is 1.77. The van der Waals surface area contributed by atoms with Gasteiger partial charge in [-0.3, -0.25) is 0 Å². The molecular weight excluding hydrogens is 307 g/mol. The summed E-state index contributed by atoms with van der Waals surface area (Å²) in [6.45, 7) is 2.25. The van der Waals surface area contributed by atoms with E-state index in [1.54, 1.807) is 3.58 Å². The Kier molecular flexibility index (Phi) is 4.96. The van der Waals surface area contributed by atoms with E-state index in [0.29, 0.717) is 11.8 Å². The summed E-state index contributed by atoms with van der Waals surface area (Å²) in [5, 5.41) is 0. The van der Waals surface area contributed by atoms with Crippen LogP contribution in [0, 0.1) is 23.7 Å². The van der Waals surface area contributed by atoms with Gasteiger partial charge in [-0.05, 0) is 0 Å². The molecule has 2 atom stereocenters. The fraction of sp³-hybridized carbons (Fsp3) is 0.600. The van der Waals surface area contributed by atoms with E-state index in [1.165, 1.54) is 36.5 Å². The Morgan fingerprint density at radius 1 is 1.25 bits per heavy atom. The molecule has 0 fully saturated rings. The molecule has 0 aromatic rings. The van der Waals surface area contributed by atoms with Crippen molar-refractivity contribution in [2.75, 3.05) is 4.43 Å². The van der Waals surface area contributed by atoms with Crippen LogP contribution in [0.1, 0.15) is 39.0 Å². The standard InChI is InChI=1S/C15H20I/c1-2-13-8-10-14(11-9-13)12-16-15-6-4-3-5-7-15/h4,6-7,13-14H,2-3,5,8,10,12H2,1H3/q-1/t13?,14-/m0/s1. The molecule has 0 heterocycles. The van der Waals surface area contributed by atoms with Gasteiger partial charge >= 0.3 is 110 Å². The van der Waals surface area contributed by atoms with E-state index in [-0.39, 0.29) is 21.2 Å². The number of hydrogen-bond donors (Lipinski definition) is 0. The van der Waals surface area contributed by atoms with Gasteiger partial charge in [0, 0.05) is 0 Å². The van der Waals surface area contributed by atoms with E-state index in [0.717, 1.165) is 0 Å². The fourth-order valence-corrected chi connectivity index (χ4v) is 4.90. The van der Waals surface area contributed by atoms with Gasteiger partial charge in [-0.25, -0.2) is 0 Å². The number of allylic oxidation sites excluding steroid dienone is 4. The van der Waals surface area contributed by atoms with Gasteiger partial charge in [-0.1, -0.05) is 0 Å². The van der Waals surface area contributed by atoms with E-state index in [4.69, 9.17) is 0 Å². The van der Waals surface area contributed by atoms with Crippen LogP contribution in [0.25, 0.3) is 0 Å². The molecule has 0 spiro atoms. The van der Waals surface area contributed by atoms with Crippen molar-refractivity contribution in [2.24, 2.45) is 11.8 Å². The topological polar surface area (TPSA) is 0 Å². The summed E-state index contributed by atoms with van der Waals surface area (Å²) in [6.07, 6.45) is 13.6. The molecule has 2 rings (SSSR count). The van der Waals surface area contributed by atoms with Gasteiger partial charge in [-0.15, -0.1) is 0 Å². The van der Waals surface area contributed by atoms with Crippen molar-refractivity contribution in [2.45, 2.75) is 39.0 Å². The third kappa shape index (κ3) is 3.66. The summed E-state index contributed by atoms with van der Waals surface area (Å²) < 4.78 is 3.02. The van der Waals surface area contributed by atoms with Crippen molar-refractivity contribution in [3.05, 3.63) is 21.8 Å². The molecule has 0 nitrogen and oxygen atoms in total. The van der Waals surface area contributed by atoms with Gasteiger partial charge < -0.3 is 0 Å². The molecule has 0 radical (unpaired) electrons. The molecular formula is C15H20I-. The summed E-state index contributed by atoms with van der Waals surface area (Å²) in [5.74, 6) is 8.33. The normalized spacial score (nSPS) is 28.4. The Morgan fingerprint density at radius 3 is 2.69 bits per heavy atom. The first-order chi connectivity index (χ1) is 7.88. The SMILES string of the molecule is CCC1C#C[C@@H](C[I-]C2=CCCC=C2)CC1. The van der Waals surface area contributed by atoms with Gasteiger partial charge in [0.05, 0.1) is 0 Å². The zero-order valence-corrected chi connectivity index (χ0v) is 12.2. The second-order valence-electron chi connectivity index (χ2n) is 4.52. The number of rotatable bonds is 4. The van der Waals surface area contributed by atoms with Crippen LogP contribution >= 0.6 is 0 Å². The van der Waals surface area contributed by atoms with Crippen molar-refractivity contribution in [3.8, 4) is 11.8 Å². The molecule has 1 heteroatoms. The van der Waals surface area contributed by atoms with Crippen molar-refractivity contribution < 1.29 is 21.2 Å². The van der Waals surface area contributed by atoms with Crippen molar-refractivity contribution in [1.29, 1.82) is 0 Å². The molecule has 2 aliphatic carbocycles. The molecule has 88 valence electrons. The van der Waals surface area contributed by atoms with Crippen molar-refractivity contribution >= 4 is 0 Å². The molecule has 1 unspecified atom stereocenters. The van der Waals surface area contributed by atoms with Gasteiger partial charge in [0.1, 0.15) is 0 Å². The Hall–Kier alpha value is -0.230. The van der Waals surface area contributed by atoms with Gasteiger partial charge in [0.15, 0.2) is 0 Å². The molecule has 0 aromatic carbocycles. The Bertz CT molecular complexity index is 340. The Labute approximate surface area is 110 Å². The van der Waals surface area contributed by atoms with E-state index < -0.39 is 0 Å². The van der Waals surface area contributed by atoms with E-state index >= 15 is 0 Å². The quantitative estimate of drug-likeness (QED) is 0.406. The van der Waals surface area contributed by atoms with Crippen LogP contribution in [0.5, 0.6) is 0 Å². The predicted molar refractivity (Wildman–Crippen MR) is 65.6 cm³/mol. The average Bonchev–Trinajstić information content (AvgIpc) is 2.38. The average molecular weight is 327 g/mol. The first-order valence-electron chi connectivity index (χ1n) is 6.35. The van der Waals surface area contributed by atoms with Crippen LogP contribution in [0.15, 0.2) is 21.8 Å². The summed E-state index contributed by atoms with van der Waals surface area (Å²) in [5.41, 5.74) is 0. The second-order valence-corrected chi connectivity index (χ2v) is 7.41. The van der Waals surface area contributed by atoms with Gasteiger partial charge in [0.25, 0.3) is 0 Å². The molecule has 0 saturated carbocycles. The number of hydrogen-bond acceptors (Lipinski definition) is 0. The third-order valence-corrected chi connectivity index (χ3v) is 6.40. The van der Waals surface area contributed by atoms with Crippen LogP contribution < -0.4 is 21.2 Å². The molecule has 0 bridgehead atoms. The van der Waals surface area contributed by atoms with Crippen LogP contribution in [0.4, 0.5) is 0 Å². The summed E-state index contributed by atoms with van der Waals surface area (Å²) >= 11 is 0.231. The minimum absolute atomic E-state index is 0.231. The summed E-state index contributed by atoms with van der Waals surface area (Å²) in [7, 11) is 0. The second kappa shape index (κ2) is 6.49. The van der Waals surface area contributed by atoms with E-state index in [2.05, 4.69) is 37.0 Å². The third-order valence-electron chi connectivity index (χ3n) is 3.22. The van der Waals surface area contributed by atoms with Gasteiger partial charge in [0.2, 0.25) is 0 Å². The molecule has 16 heavy (non-hydrogen) atoms. The number of alkyl halides is 1.